The van der Waals surface area contributed by atoms with Gasteiger partial charge in [-0.05, 0) is 6.42 Å². The van der Waals surface area contributed by atoms with Crippen molar-refractivity contribution in [1.29, 1.82) is 0 Å². The lowest BCUT2D eigenvalue weighted by molar-refractivity contribution is 0.164. The van der Waals surface area contributed by atoms with Crippen LogP contribution in [0.3, 0.4) is 0 Å². The minimum absolute atomic E-state index is 0.0209. The van der Waals surface area contributed by atoms with Crippen LogP contribution in [0.15, 0.2) is 4.52 Å². The number of aliphatic hydroxyl groups excluding tert-OH is 1. The Morgan fingerprint density at radius 1 is 1.32 bits per heavy atom. The Balaban J connectivity index is 1.76. The van der Waals surface area contributed by atoms with Crippen LogP contribution in [0, 0.1) is 0 Å². The van der Waals surface area contributed by atoms with Crippen molar-refractivity contribution in [3.63, 3.8) is 0 Å². The average molecular weight is 318 g/mol. The van der Waals surface area contributed by atoms with E-state index in [1.165, 1.54) is 5.75 Å². The molecular formula is C12H18N2O2S3. The summed E-state index contributed by atoms with van der Waals surface area (Å²) in [6.45, 7) is 2.22. The minimum Gasteiger partial charge on any atom is -0.391 e. The van der Waals surface area contributed by atoms with E-state index >= 15 is 0 Å². The van der Waals surface area contributed by atoms with Crippen LogP contribution in [0.25, 0.3) is 0 Å². The van der Waals surface area contributed by atoms with E-state index in [0.717, 1.165) is 29.5 Å². The molecule has 1 aromatic rings. The van der Waals surface area contributed by atoms with Gasteiger partial charge in [0.15, 0.2) is 5.82 Å². The Morgan fingerprint density at radius 2 is 2.16 bits per heavy atom. The molecule has 0 bridgehead atoms. The standard InChI is InChI=1S/C12H18N2O2S3/c1-2-9-10(19-4-3-18-9)11-13-12(16-14-11)7-5-17-6-8(7)15/h7-10,15H,2-6H2,1H3. The molecule has 2 saturated heterocycles. The second kappa shape index (κ2) is 6.28. The summed E-state index contributed by atoms with van der Waals surface area (Å²) in [5.74, 6) is 5.48. The van der Waals surface area contributed by atoms with Gasteiger partial charge in [-0.3, -0.25) is 0 Å². The van der Waals surface area contributed by atoms with Crippen molar-refractivity contribution in [2.75, 3.05) is 23.0 Å². The molecule has 1 aromatic heterocycles. The van der Waals surface area contributed by atoms with Crippen LogP contribution in [-0.2, 0) is 0 Å². The van der Waals surface area contributed by atoms with Gasteiger partial charge >= 0.3 is 0 Å². The van der Waals surface area contributed by atoms with E-state index in [0.29, 0.717) is 16.4 Å². The molecule has 2 aliphatic heterocycles. The second-order valence-corrected chi connectivity index (χ2v) is 8.48. The number of hydrogen-bond acceptors (Lipinski definition) is 7. The smallest absolute Gasteiger partial charge is 0.233 e. The van der Waals surface area contributed by atoms with Crippen LogP contribution >= 0.6 is 35.3 Å². The summed E-state index contributed by atoms with van der Waals surface area (Å²) in [5.41, 5.74) is 0. The van der Waals surface area contributed by atoms with Gasteiger partial charge in [-0.25, -0.2) is 0 Å². The summed E-state index contributed by atoms with van der Waals surface area (Å²) < 4.78 is 5.41. The first-order chi connectivity index (χ1) is 9.29. The number of nitrogens with zero attached hydrogens (tertiary/aromatic N) is 2. The Morgan fingerprint density at radius 3 is 2.89 bits per heavy atom. The molecule has 19 heavy (non-hydrogen) atoms. The topological polar surface area (TPSA) is 59.2 Å². The van der Waals surface area contributed by atoms with E-state index < -0.39 is 0 Å². The number of hydrogen-bond donors (Lipinski definition) is 1. The van der Waals surface area contributed by atoms with Gasteiger partial charge in [0.05, 0.1) is 17.3 Å². The molecule has 4 unspecified atom stereocenters. The Labute approximate surface area is 125 Å². The lowest BCUT2D eigenvalue weighted by Crippen LogP contribution is -2.20. The Bertz CT molecular complexity index is 429. The molecule has 7 heteroatoms. The van der Waals surface area contributed by atoms with Gasteiger partial charge in [0.1, 0.15) is 0 Å². The summed E-state index contributed by atoms with van der Waals surface area (Å²) in [6.07, 6.45) is 0.794. The highest BCUT2D eigenvalue weighted by Gasteiger charge is 2.35. The van der Waals surface area contributed by atoms with Crippen molar-refractivity contribution >= 4 is 35.3 Å². The van der Waals surface area contributed by atoms with Crippen molar-refractivity contribution < 1.29 is 9.63 Å². The molecule has 4 atom stereocenters. The number of aromatic nitrogens is 2. The summed E-state index contributed by atoms with van der Waals surface area (Å²) in [4.78, 5) is 4.58. The highest BCUT2D eigenvalue weighted by Crippen LogP contribution is 2.43. The molecular weight excluding hydrogens is 300 g/mol. The predicted octanol–water partition coefficient (Wildman–Crippen LogP) is 2.56. The van der Waals surface area contributed by atoms with Crippen LogP contribution in [-0.4, -0.2) is 49.6 Å². The molecule has 2 aliphatic rings. The van der Waals surface area contributed by atoms with Crippen LogP contribution in [0.4, 0.5) is 0 Å². The normalized spacial score (nSPS) is 35.7. The third-order valence-corrected chi connectivity index (χ3v) is 7.95. The summed E-state index contributed by atoms with van der Waals surface area (Å²) in [7, 11) is 0. The fourth-order valence-electron chi connectivity index (χ4n) is 2.43. The van der Waals surface area contributed by atoms with Crippen LogP contribution in [0.5, 0.6) is 0 Å². The summed E-state index contributed by atoms with van der Waals surface area (Å²) >= 11 is 5.69. The van der Waals surface area contributed by atoms with E-state index in [-0.39, 0.29) is 12.0 Å². The molecule has 0 spiro atoms. The molecule has 0 amide bonds. The van der Waals surface area contributed by atoms with Crippen molar-refractivity contribution in [3.05, 3.63) is 11.7 Å². The zero-order chi connectivity index (χ0) is 13.2. The maximum absolute atomic E-state index is 9.90. The SMILES string of the molecule is CCC1SCCSC1c1noc(C2CSCC2O)n1. The zero-order valence-corrected chi connectivity index (χ0v) is 13.3. The monoisotopic (exact) mass is 318 g/mol. The molecule has 0 aromatic carbocycles. The lowest BCUT2D eigenvalue weighted by Gasteiger charge is -2.27. The fraction of sp³-hybridized carbons (Fsp3) is 0.833. The summed E-state index contributed by atoms with van der Waals surface area (Å²) in [5, 5.41) is 15.0. The van der Waals surface area contributed by atoms with Crippen LogP contribution < -0.4 is 0 Å². The Kier molecular flexibility index (Phi) is 4.66. The first-order valence-corrected chi connectivity index (χ1v) is 9.87. The molecule has 2 fully saturated rings. The molecule has 4 nitrogen and oxygen atoms in total. The van der Waals surface area contributed by atoms with Gasteiger partial charge in [0.25, 0.3) is 0 Å². The lowest BCUT2D eigenvalue weighted by atomic mass is 10.1. The van der Waals surface area contributed by atoms with E-state index in [2.05, 4.69) is 17.1 Å². The van der Waals surface area contributed by atoms with Gasteiger partial charge in [0.2, 0.25) is 5.89 Å². The third kappa shape index (κ3) is 2.94. The largest absolute Gasteiger partial charge is 0.391 e. The maximum atomic E-state index is 9.90. The van der Waals surface area contributed by atoms with Crippen LogP contribution in [0.2, 0.25) is 0 Å². The maximum Gasteiger partial charge on any atom is 0.233 e. The quantitative estimate of drug-likeness (QED) is 0.919. The molecule has 0 saturated carbocycles. The molecule has 3 heterocycles. The third-order valence-electron chi connectivity index (χ3n) is 3.53. The fourth-order valence-corrected chi connectivity index (χ4v) is 6.64. The van der Waals surface area contributed by atoms with Gasteiger partial charge in [0, 0.05) is 28.3 Å². The molecule has 0 aliphatic carbocycles. The number of thioether (sulfide) groups is 3. The van der Waals surface area contributed by atoms with E-state index in [1.807, 2.05) is 23.5 Å². The van der Waals surface area contributed by atoms with Crippen molar-refractivity contribution in [3.8, 4) is 0 Å². The highest BCUT2D eigenvalue weighted by atomic mass is 32.2. The Hall–Kier alpha value is 0.150. The molecule has 0 radical (unpaired) electrons. The number of aliphatic hydroxyl groups is 1. The zero-order valence-electron chi connectivity index (χ0n) is 10.8. The first-order valence-electron chi connectivity index (χ1n) is 6.62. The molecule has 1 N–H and O–H groups in total. The highest BCUT2D eigenvalue weighted by molar-refractivity contribution is 8.06. The van der Waals surface area contributed by atoms with Crippen LogP contribution in [0.1, 0.15) is 36.2 Å². The molecule has 3 rings (SSSR count). The second-order valence-electron chi connectivity index (χ2n) is 4.81. The van der Waals surface area contributed by atoms with Crippen molar-refractivity contribution in [2.45, 2.75) is 35.9 Å². The van der Waals surface area contributed by atoms with Gasteiger partial charge in [-0.15, -0.1) is 11.8 Å². The number of rotatable bonds is 3. The van der Waals surface area contributed by atoms with Gasteiger partial charge in [-0.2, -0.15) is 28.5 Å². The van der Waals surface area contributed by atoms with Gasteiger partial charge in [-0.1, -0.05) is 12.1 Å². The van der Waals surface area contributed by atoms with E-state index in [1.54, 1.807) is 11.8 Å². The van der Waals surface area contributed by atoms with Crippen molar-refractivity contribution in [2.24, 2.45) is 0 Å². The van der Waals surface area contributed by atoms with E-state index in [9.17, 15) is 5.11 Å². The summed E-state index contributed by atoms with van der Waals surface area (Å²) in [6, 6.07) is 0. The minimum atomic E-state index is -0.339. The average Bonchev–Trinajstić information content (AvgIpc) is 3.07. The van der Waals surface area contributed by atoms with Gasteiger partial charge < -0.3 is 9.63 Å². The first kappa shape index (κ1) is 14.1. The predicted molar refractivity (Wildman–Crippen MR) is 82.1 cm³/mol. The van der Waals surface area contributed by atoms with E-state index in [4.69, 9.17) is 4.52 Å². The van der Waals surface area contributed by atoms with Crippen molar-refractivity contribution in [1.82, 2.24) is 10.1 Å². The molecule has 106 valence electrons.